The number of rotatable bonds is 5. The smallest absolute Gasteiger partial charge is 0.316 e. The quantitative estimate of drug-likeness (QED) is 0.245. The Hall–Kier alpha value is -4.25. The Labute approximate surface area is 222 Å². The highest BCUT2D eigenvalue weighted by atomic mass is 16.5. The zero-order valence-electron chi connectivity index (χ0n) is 21.9. The molecular weight excluding hydrogens is 476 g/mol. The molecule has 192 valence electrons. The fraction of sp³-hybridized carbons (Fsp3) is 0.242. The van der Waals surface area contributed by atoms with E-state index in [-0.39, 0.29) is 24.2 Å². The maximum absolute atomic E-state index is 13.0. The van der Waals surface area contributed by atoms with Gasteiger partial charge >= 0.3 is 5.97 Å². The van der Waals surface area contributed by atoms with Crippen molar-refractivity contribution in [1.29, 1.82) is 0 Å². The zero-order chi connectivity index (χ0) is 26.7. The number of hydrogen-bond acceptors (Lipinski definition) is 5. The summed E-state index contributed by atoms with van der Waals surface area (Å²) in [4.78, 5) is 13.0. The highest BCUT2D eigenvalue weighted by molar-refractivity contribution is 5.81. The van der Waals surface area contributed by atoms with Crippen LogP contribution in [-0.2, 0) is 10.2 Å². The minimum Gasteiger partial charge on any atom is -0.508 e. The standard InChI is InChI=1S/C33H30O5/c1-32(2,3)31(35)38-27-18-17-26(34)30-29(27)28-22-9-5-7-11-24(22)33(30,25-12-8-6-10-23(25)28)19-37-21-15-13-20(36-4)14-16-21/h5-18,28,34H,19H2,1-4H3. The van der Waals surface area contributed by atoms with Crippen LogP contribution < -0.4 is 14.2 Å². The first-order chi connectivity index (χ1) is 18.3. The maximum atomic E-state index is 13.0. The fourth-order valence-electron chi connectivity index (χ4n) is 5.92. The van der Waals surface area contributed by atoms with Crippen LogP contribution in [0, 0.1) is 5.41 Å². The maximum Gasteiger partial charge on any atom is 0.316 e. The summed E-state index contributed by atoms with van der Waals surface area (Å²) < 4.78 is 17.8. The van der Waals surface area contributed by atoms with Gasteiger partial charge in [0, 0.05) is 17.0 Å². The molecule has 0 heterocycles. The summed E-state index contributed by atoms with van der Waals surface area (Å²) in [5, 5.41) is 11.5. The second-order valence-corrected chi connectivity index (χ2v) is 11.0. The van der Waals surface area contributed by atoms with Crippen LogP contribution in [0.5, 0.6) is 23.0 Å². The number of carbonyl (C=O) groups excluding carboxylic acids is 1. The summed E-state index contributed by atoms with van der Waals surface area (Å²) in [6.07, 6.45) is 0. The van der Waals surface area contributed by atoms with Crippen molar-refractivity contribution in [2.75, 3.05) is 13.7 Å². The first-order valence-corrected chi connectivity index (χ1v) is 12.8. The van der Waals surface area contributed by atoms with Crippen molar-refractivity contribution < 1.29 is 24.1 Å². The third-order valence-corrected chi connectivity index (χ3v) is 7.69. The molecule has 4 aromatic rings. The van der Waals surface area contributed by atoms with E-state index in [1.807, 2.05) is 69.3 Å². The molecule has 0 radical (unpaired) electrons. The van der Waals surface area contributed by atoms with Crippen molar-refractivity contribution in [3.05, 3.63) is 118 Å². The van der Waals surface area contributed by atoms with Gasteiger partial charge in [0.25, 0.3) is 0 Å². The van der Waals surface area contributed by atoms with E-state index in [4.69, 9.17) is 14.2 Å². The highest BCUT2D eigenvalue weighted by Gasteiger charge is 2.55. The molecule has 0 aromatic heterocycles. The molecule has 0 spiro atoms. The normalized spacial score (nSPS) is 18.7. The summed E-state index contributed by atoms with van der Waals surface area (Å²) in [5.74, 6) is 1.56. The van der Waals surface area contributed by atoms with E-state index in [2.05, 4.69) is 24.3 Å². The van der Waals surface area contributed by atoms with E-state index in [0.717, 1.165) is 39.1 Å². The monoisotopic (exact) mass is 506 g/mol. The minimum absolute atomic E-state index is 0.155. The number of benzene rings is 4. The number of ether oxygens (including phenoxy) is 3. The summed E-state index contributed by atoms with van der Waals surface area (Å²) >= 11 is 0. The van der Waals surface area contributed by atoms with Gasteiger partial charge in [0.2, 0.25) is 0 Å². The molecule has 0 amide bonds. The number of esters is 1. The Morgan fingerprint density at radius 1 is 0.842 bits per heavy atom. The van der Waals surface area contributed by atoms with Crippen molar-refractivity contribution in [3.8, 4) is 23.0 Å². The van der Waals surface area contributed by atoms with Crippen LogP contribution in [0.4, 0.5) is 0 Å². The van der Waals surface area contributed by atoms with E-state index in [1.165, 1.54) is 0 Å². The van der Waals surface area contributed by atoms with E-state index in [1.54, 1.807) is 19.2 Å². The number of phenols is 1. The van der Waals surface area contributed by atoms with E-state index < -0.39 is 10.8 Å². The largest absolute Gasteiger partial charge is 0.508 e. The van der Waals surface area contributed by atoms with Gasteiger partial charge in [0.1, 0.15) is 29.6 Å². The lowest BCUT2D eigenvalue weighted by molar-refractivity contribution is -0.143. The molecule has 0 fully saturated rings. The first kappa shape index (κ1) is 24.1. The molecule has 3 aliphatic rings. The lowest BCUT2D eigenvalue weighted by Gasteiger charge is -2.50. The van der Waals surface area contributed by atoms with Crippen molar-refractivity contribution in [2.45, 2.75) is 32.1 Å². The Kier molecular flexibility index (Phi) is 5.49. The van der Waals surface area contributed by atoms with Crippen molar-refractivity contribution in [2.24, 2.45) is 5.41 Å². The summed E-state index contributed by atoms with van der Waals surface area (Å²) in [7, 11) is 1.63. The highest BCUT2D eigenvalue weighted by Crippen LogP contribution is 2.63. The molecule has 0 unspecified atom stereocenters. The minimum atomic E-state index is -0.814. The molecule has 0 saturated carbocycles. The van der Waals surface area contributed by atoms with Crippen molar-refractivity contribution in [3.63, 3.8) is 0 Å². The van der Waals surface area contributed by atoms with Crippen molar-refractivity contribution >= 4 is 5.97 Å². The van der Waals surface area contributed by atoms with Crippen LogP contribution in [0.15, 0.2) is 84.9 Å². The molecule has 5 nitrogen and oxygen atoms in total. The molecule has 0 atom stereocenters. The van der Waals surface area contributed by atoms with Crippen LogP contribution in [0.25, 0.3) is 0 Å². The van der Waals surface area contributed by atoms with E-state index in [0.29, 0.717) is 11.5 Å². The molecule has 38 heavy (non-hydrogen) atoms. The van der Waals surface area contributed by atoms with Gasteiger partial charge in [0.15, 0.2) is 0 Å². The fourth-order valence-corrected chi connectivity index (χ4v) is 5.92. The van der Waals surface area contributed by atoms with Crippen LogP contribution in [-0.4, -0.2) is 24.8 Å². The van der Waals surface area contributed by atoms with Crippen LogP contribution in [0.1, 0.15) is 60.1 Å². The van der Waals surface area contributed by atoms with Crippen LogP contribution in [0.2, 0.25) is 0 Å². The van der Waals surface area contributed by atoms with Gasteiger partial charge < -0.3 is 19.3 Å². The van der Waals surface area contributed by atoms with Crippen molar-refractivity contribution in [1.82, 2.24) is 0 Å². The topological polar surface area (TPSA) is 65.0 Å². The Morgan fingerprint density at radius 2 is 1.42 bits per heavy atom. The molecular formula is C33H30O5. The average Bonchev–Trinajstić information content (AvgIpc) is 2.93. The molecule has 2 bridgehead atoms. The number of carbonyl (C=O) groups is 1. The van der Waals surface area contributed by atoms with Gasteiger partial charge in [0.05, 0.1) is 17.9 Å². The predicted molar refractivity (Wildman–Crippen MR) is 145 cm³/mol. The molecule has 0 saturated heterocycles. The molecule has 5 heteroatoms. The van der Waals surface area contributed by atoms with Gasteiger partial charge in [-0.2, -0.15) is 0 Å². The third kappa shape index (κ3) is 3.49. The van der Waals surface area contributed by atoms with E-state index >= 15 is 0 Å². The summed E-state index contributed by atoms with van der Waals surface area (Å²) in [5.41, 5.74) is 4.46. The summed E-state index contributed by atoms with van der Waals surface area (Å²) in [6.45, 7) is 5.76. The van der Waals surface area contributed by atoms with Gasteiger partial charge in [-0.25, -0.2) is 0 Å². The number of aromatic hydroxyl groups is 1. The molecule has 7 rings (SSSR count). The van der Waals surface area contributed by atoms with Gasteiger partial charge in [-0.05, 0) is 79.4 Å². The Balaban J connectivity index is 1.59. The number of methoxy groups -OCH3 is 1. The second kappa shape index (κ2) is 8.66. The third-order valence-electron chi connectivity index (χ3n) is 7.69. The SMILES string of the molecule is COc1ccc(OCC23c4ccccc4C(c4ccccc42)c2c(OC(=O)C(C)(C)C)ccc(O)c23)cc1. The summed E-state index contributed by atoms with van der Waals surface area (Å²) in [6, 6.07) is 27.4. The first-order valence-electron chi connectivity index (χ1n) is 12.8. The van der Waals surface area contributed by atoms with Gasteiger partial charge in [-0.1, -0.05) is 48.5 Å². The number of hydrogen-bond donors (Lipinski definition) is 1. The Bertz CT molecular complexity index is 1500. The zero-order valence-corrected chi connectivity index (χ0v) is 21.9. The average molecular weight is 507 g/mol. The Morgan fingerprint density at radius 3 is 2.00 bits per heavy atom. The van der Waals surface area contributed by atoms with Crippen LogP contribution >= 0.6 is 0 Å². The number of phenolic OH excluding ortho intramolecular Hbond substituents is 1. The van der Waals surface area contributed by atoms with E-state index in [9.17, 15) is 9.90 Å². The molecule has 3 aliphatic carbocycles. The lowest BCUT2D eigenvalue weighted by Crippen LogP contribution is -2.46. The molecule has 1 N–H and O–H groups in total. The molecule has 0 aliphatic heterocycles. The molecule has 4 aromatic carbocycles. The van der Waals surface area contributed by atoms with Crippen LogP contribution in [0.3, 0.4) is 0 Å². The van der Waals surface area contributed by atoms with Gasteiger partial charge in [-0.3, -0.25) is 4.79 Å². The lowest BCUT2D eigenvalue weighted by atomic mass is 9.53. The van der Waals surface area contributed by atoms with Gasteiger partial charge in [-0.15, -0.1) is 0 Å². The predicted octanol–water partition coefficient (Wildman–Crippen LogP) is 6.57. The second-order valence-electron chi connectivity index (χ2n) is 11.0.